The van der Waals surface area contributed by atoms with Gasteiger partial charge in [-0.3, -0.25) is 0 Å². The van der Waals surface area contributed by atoms with Gasteiger partial charge in [0.1, 0.15) is 0 Å². The summed E-state index contributed by atoms with van der Waals surface area (Å²) in [5.41, 5.74) is 4.41. The molecule has 2 aromatic carbocycles. The monoisotopic (exact) mass is 265 g/mol. The highest BCUT2D eigenvalue weighted by Gasteiger charge is 2.29. The van der Waals surface area contributed by atoms with Gasteiger partial charge in [0.15, 0.2) is 0 Å². The van der Waals surface area contributed by atoms with Crippen LogP contribution < -0.4 is 0 Å². The third-order valence-corrected chi connectivity index (χ3v) is 3.53. The molecule has 3 nitrogen and oxygen atoms in total. The summed E-state index contributed by atoms with van der Waals surface area (Å²) in [7, 11) is 0. The van der Waals surface area contributed by atoms with E-state index in [-0.39, 0.29) is 5.92 Å². The van der Waals surface area contributed by atoms with Crippen LogP contribution in [0.1, 0.15) is 36.0 Å². The first-order chi connectivity index (χ1) is 9.75. The SMILES string of the molecule is CC(=O)O/N=C1\CC(c2ccccc2)c2ccccc21. The van der Waals surface area contributed by atoms with Crippen LogP contribution in [-0.2, 0) is 9.63 Å². The molecule has 1 aliphatic rings. The Labute approximate surface area is 117 Å². The van der Waals surface area contributed by atoms with Gasteiger partial charge in [0, 0.05) is 24.8 Å². The minimum Gasteiger partial charge on any atom is -0.318 e. The average molecular weight is 265 g/mol. The van der Waals surface area contributed by atoms with E-state index in [1.165, 1.54) is 18.1 Å². The van der Waals surface area contributed by atoms with Crippen molar-refractivity contribution in [2.24, 2.45) is 5.16 Å². The second-order valence-corrected chi connectivity index (χ2v) is 4.88. The third kappa shape index (κ3) is 2.35. The van der Waals surface area contributed by atoms with Crippen molar-refractivity contribution in [3.05, 3.63) is 71.3 Å². The Morgan fingerprint density at radius 1 is 1.10 bits per heavy atom. The number of benzene rings is 2. The number of hydrogen-bond donors (Lipinski definition) is 0. The van der Waals surface area contributed by atoms with Crippen LogP contribution in [0, 0.1) is 0 Å². The molecule has 0 bridgehead atoms. The molecule has 0 fully saturated rings. The third-order valence-electron chi connectivity index (χ3n) is 3.53. The van der Waals surface area contributed by atoms with E-state index >= 15 is 0 Å². The van der Waals surface area contributed by atoms with Gasteiger partial charge in [-0.2, -0.15) is 0 Å². The summed E-state index contributed by atoms with van der Waals surface area (Å²) < 4.78 is 0. The molecular formula is C17H15NO2. The van der Waals surface area contributed by atoms with Gasteiger partial charge in [-0.25, -0.2) is 4.79 Å². The Kier molecular flexibility index (Phi) is 3.33. The lowest BCUT2D eigenvalue weighted by Crippen LogP contribution is -2.00. The fourth-order valence-electron chi connectivity index (χ4n) is 2.67. The lowest BCUT2D eigenvalue weighted by atomic mass is 9.93. The first kappa shape index (κ1) is 12.6. The Morgan fingerprint density at radius 3 is 2.55 bits per heavy atom. The lowest BCUT2D eigenvalue weighted by molar-refractivity contribution is -0.140. The molecule has 0 N–H and O–H groups in total. The fourth-order valence-corrected chi connectivity index (χ4v) is 2.67. The van der Waals surface area contributed by atoms with Crippen LogP contribution in [0.15, 0.2) is 59.8 Å². The normalized spacial score (nSPS) is 18.9. The summed E-state index contributed by atoms with van der Waals surface area (Å²) in [6.45, 7) is 1.36. The molecule has 2 aromatic rings. The van der Waals surface area contributed by atoms with E-state index in [9.17, 15) is 4.79 Å². The maximum absolute atomic E-state index is 10.9. The first-order valence-electron chi connectivity index (χ1n) is 6.64. The van der Waals surface area contributed by atoms with E-state index < -0.39 is 5.97 Å². The lowest BCUT2D eigenvalue weighted by Gasteiger charge is -2.10. The highest BCUT2D eigenvalue weighted by atomic mass is 16.7. The van der Waals surface area contributed by atoms with E-state index in [0.29, 0.717) is 0 Å². The molecule has 3 heteroatoms. The van der Waals surface area contributed by atoms with Crippen molar-refractivity contribution in [3.8, 4) is 0 Å². The molecular weight excluding hydrogens is 250 g/mol. The minimum absolute atomic E-state index is 0.279. The van der Waals surface area contributed by atoms with E-state index in [0.717, 1.165) is 17.7 Å². The van der Waals surface area contributed by atoms with Crippen molar-refractivity contribution in [3.63, 3.8) is 0 Å². The molecule has 1 aliphatic carbocycles. The van der Waals surface area contributed by atoms with Crippen molar-refractivity contribution in [2.75, 3.05) is 0 Å². The van der Waals surface area contributed by atoms with E-state index in [1.807, 2.05) is 36.4 Å². The van der Waals surface area contributed by atoms with Gasteiger partial charge in [-0.05, 0) is 11.1 Å². The summed E-state index contributed by atoms with van der Waals surface area (Å²) in [6, 6.07) is 18.5. The van der Waals surface area contributed by atoms with Crippen LogP contribution in [0.2, 0.25) is 0 Å². The van der Waals surface area contributed by atoms with Crippen LogP contribution in [0.4, 0.5) is 0 Å². The molecule has 1 atom stereocenters. The van der Waals surface area contributed by atoms with Crippen molar-refractivity contribution in [1.29, 1.82) is 0 Å². The zero-order chi connectivity index (χ0) is 13.9. The maximum Gasteiger partial charge on any atom is 0.331 e. The quantitative estimate of drug-likeness (QED) is 0.616. The molecule has 0 aliphatic heterocycles. The van der Waals surface area contributed by atoms with E-state index in [2.05, 4.69) is 23.4 Å². The van der Waals surface area contributed by atoms with E-state index in [4.69, 9.17) is 4.84 Å². The van der Waals surface area contributed by atoms with Crippen molar-refractivity contribution < 1.29 is 9.63 Å². The number of fused-ring (bicyclic) bond motifs is 1. The fraction of sp³-hybridized carbons (Fsp3) is 0.176. The van der Waals surface area contributed by atoms with Gasteiger partial charge in [-0.1, -0.05) is 59.8 Å². The van der Waals surface area contributed by atoms with Crippen LogP contribution in [0.25, 0.3) is 0 Å². The number of nitrogens with zero attached hydrogens (tertiary/aromatic N) is 1. The Morgan fingerprint density at radius 2 is 1.80 bits per heavy atom. The molecule has 0 saturated heterocycles. The van der Waals surface area contributed by atoms with Crippen molar-refractivity contribution in [2.45, 2.75) is 19.3 Å². The molecule has 0 heterocycles. The Balaban J connectivity index is 2.01. The van der Waals surface area contributed by atoms with Crippen molar-refractivity contribution in [1.82, 2.24) is 0 Å². The molecule has 0 amide bonds. The van der Waals surface area contributed by atoms with Gasteiger partial charge in [-0.15, -0.1) is 0 Å². The molecule has 0 saturated carbocycles. The second-order valence-electron chi connectivity index (χ2n) is 4.88. The summed E-state index contributed by atoms with van der Waals surface area (Å²) >= 11 is 0. The largest absolute Gasteiger partial charge is 0.331 e. The van der Waals surface area contributed by atoms with Crippen LogP contribution in [-0.4, -0.2) is 11.7 Å². The van der Waals surface area contributed by atoms with Crippen molar-refractivity contribution >= 4 is 11.7 Å². The summed E-state index contributed by atoms with van der Waals surface area (Å²) in [4.78, 5) is 15.8. The van der Waals surface area contributed by atoms with Gasteiger partial charge >= 0.3 is 5.97 Å². The van der Waals surface area contributed by atoms with Gasteiger partial charge < -0.3 is 4.84 Å². The molecule has 0 spiro atoms. The zero-order valence-electron chi connectivity index (χ0n) is 11.2. The first-order valence-corrected chi connectivity index (χ1v) is 6.64. The van der Waals surface area contributed by atoms with E-state index in [1.54, 1.807) is 0 Å². The van der Waals surface area contributed by atoms with Gasteiger partial charge in [0.05, 0.1) is 5.71 Å². The minimum atomic E-state index is -0.391. The Bertz CT molecular complexity index is 662. The van der Waals surface area contributed by atoms with Crippen LogP contribution in [0.3, 0.4) is 0 Å². The van der Waals surface area contributed by atoms with Gasteiger partial charge in [0.2, 0.25) is 0 Å². The molecule has 0 radical (unpaired) electrons. The number of carbonyl (C=O) groups excluding carboxylic acids is 1. The number of carbonyl (C=O) groups is 1. The standard InChI is InChI=1S/C17H15NO2/c1-12(19)20-18-17-11-16(13-7-3-2-4-8-13)14-9-5-6-10-15(14)17/h2-10,16H,11H2,1H3/b18-17+. The zero-order valence-corrected chi connectivity index (χ0v) is 11.2. The predicted octanol–water partition coefficient (Wildman–Crippen LogP) is 3.49. The highest BCUT2D eigenvalue weighted by Crippen LogP contribution is 2.38. The topological polar surface area (TPSA) is 38.7 Å². The number of hydrogen-bond acceptors (Lipinski definition) is 3. The van der Waals surface area contributed by atoms with Gasteiger partial charge in [0.25, 0.3) is 0 Å². The Hall–Kier alpha value is -2.42. The summed E-state index contributed by atoms with van der Waals surface area (Å²) in [6.07, 6.45) is 0.761. The maximum atomic E-state index is 10.9. The summed E-state index contributed by atoms with van der Waals surface area (Å²) in [5, 5.41) is 4.01. The molecule has 3 rings (SSSR count). The summed E-state index contributed by atoms with van der Waals surface area (Å²) in [5.74, 6) is -0.111. The highest BCUT2D eigenvalue weighted by molar-refractivity contribution is 6.05. The predicted molar refractivity (Wildman–Crippen MR) is 77.6 cm³/mol. The van der Waals surface area contributed by atoms with Crippen LogP contribution in [0.5, 0.6) is 0 Å². The molecule has 100 valence electrons. The number of oxime groups is 1. The van der Waals surface area contributed by atoms with Crippen LogP contribution >= 0.6 is 0 Å². The molecule has 0 aromatic heterocycles. The second kappa shape index (κ2) is 5.29. The number of rotatable bonds is 2. The smallest absolute Gasteiger partial charge is 0.318 e. The average Bonchev–Trinajstić information content (AvgIpc) is 2.85. The molecule has 20 heavy (non-hydrogen) atoms. The molecule has 1 unspecified atom stereocenters.